The van der Waals surface area contributed by atoms with E-state index in [0.29, 0.717) is 0 Å². The van der Waals surface area contributed by atoms with Crippen LogP contribution in [0.15, 0.2) is 0 Å². The van der Waals surface area contributed by atoms with Crippen LogP contribution in [0.4, 0.5) is 0 Å². The molecule has 0 spiro atoms. The molecule has 0 amide bonds. The molecule has 0 aliphatic rings. The minimum absolute atomic E-state index is 0.193. The van der Waals surface area contributed by atoms with Crippen LogP contribution >= 0.6 is 15.9 Å². The average Bonchev–Trinajstić information content (AvgIpc) is 1.80. The molecule has 0 saturated heterocycles. The maximum atomic E-state index is 10.3. The highest BCUT2D eigenvalue weighted by Crippen LogP contribution is 2.10. The molecule has 0 aromatic heterocycles. The van der Waals surface area contributed by atoms with Gasteiger partial charge in [0.15, 0.2) is 0 Å². The molecule has 0 aromatic carbocycles. The van der Waals surface area contributed by atoms with Gasteiger partial charge in [-0.2, -0.15) is 0 Å². The third kappa shape index (κ3) is 6.31. The van der Waals surface area contributed by atoms with Crippen molar-refractivity contribution in [3.63, 3.8) is 0 Å². The second kappa shape index (κ2) is 4.07. The zero-order valence-corrected chi connectivity index (χ0v) is 8.51. The van der Waals surface area contributed by atoms with E-state index in [2.05, 4.69) is 15.9 Å². The van der Waals surface area contributed by atoms with Crippen LogP contribution in [0.5, 0.6) is 0 Å². The number of rotatable bonds is 3. The van der Waals surface area contributed by atoms with E-state index in [9.17, 15) is 4.79 Å². The molecule has 0 aliphatic heterocycles. The smallest absolute Gasteiger partial charge is 0.319 e. The first-order valence-corrected chi connectivity index (χ1v) is 4.25. The molecule has 0 fully saturated rings. The van der Waals surface area contributed by atoms with Crippen LogP contribution in [0.3, 0.4) is 0 Å². The fraction of sp³-hybridized carbons (Fsp3) is 0.857. The number of carboxylic acids is 1. The van der Waals surface area contributed by atoms with Crippen molar-refractivity contribution in [1.82, 2.24) is 0 Å². The number of aliphatic carboxylic acids is 1. The molecule has 1 atom stereocenters. The summed E-state index contributed by atoms with van der Waals surface area (Å²) in [5.41, 5.74) is -0.276. The molecule has 0 rings (SSSR count). The molecule has 3 nitrogen and oxygen atoms in total. The van der Waals surface area contributed by atoms with Crippen LogP contribution in [0.1, 0.15) is 20.8 Å². The highest BCUT2D eigenvalue weighted by Gasteiger charge is 2.17. The maximum absolute atomic E-state index is 10.3. The van der Waals surface area contributed by atoms with Crippen LogP contribution in [-0.4, -0.2) is 28.1 Å². The van der Waals surface area contributed by atoms with E-state index >= 15 is 0 Å². The Labute approximate surface area is 74.9 Å². The summed E-state index contributed by atoms with van der Waals surface area (Å²) in [5.74, 6) is -0.894. The Morgan fingerprint density at radius 3 is 2.36 bits per heavy atom. The van der Waals surface area contributed by atoms with Gasteiger partial charge in [-0.1, -0.05) is 15.9 Å². The first-order valence-electron chi connectivity index (χ1n) is 3.34. The van der Waals surface area contributed by atoms with Gasteiger partial charge in [-0.3, -0.25) is 4.79 Å². The van der Waals surface area contributed by atoms with Gasteiger partial charge in [-0.15, -0.1) is 0 Å². The summed E-state index contributed by atoms with van der Waals surface area (Å²) in [5, 5.41) is 8.45. The fourth-order valence-corrected chi connectivity index (χ4v) is 0.527. The predicted molar refractivity (Wildman–Crippen MR) is 46.1 cm³/mol. The molecule has 1 N–H and O–H groups in total. The van der Waals surface area contributed by atoms with Crippen molar-refractivity contribution in [2.75, 3.05) is 6.61 Å². The van der Waals surface area contributed by atoms with Gasteiger partial charge in [0.1, 0.15) is 4.83 Å². The van der Waals surface area contributed by atoms with Crippen LogP contribution < -0.4 is 0 Å². The normalized spacial score (nSPS) is 14.5. The monoisotopic (exact) mass is 224 g/mol. The second-order valence-corrected chi connectivity index (χ2v) is 4.33. The van der Waals surface area contributed by atoms with Gasteiger partial charge in [-0.05, 0) is 20.8 Å². The first kappa shape index (κ1) is 10.9. The van der Waals surface area contributed by atoms with Gasteiger partial charge in [0.25, 0.3) is 0 Å². The number of alkyl halides is 1. The van der Waals surface area contributed by atoms with Gasteiger partial charge in [0, 0.05) is 0 Å². The summed E-state index contributed by atoms with van der Waals surface area (Å²) in [7, 11) is 0. The Bertz CT molecular complexity index is 139. The zero-order valence-electron chi connectivity index (χ0n) is 6.93. The molecule has 1 unspecified atom stereocenters. The lowest BCUT2D eigenvalue weighted by molar-refractivity contribution is -0.138. The Balaban J connectivity index is 3.63. The van der Waals surface area contributed by atoms with Crippen molar-refractivity contribution < 1.29 is 14.6 Å². The second-order valence-electron chi connectivity index (χ2n) is 3.23. The Kier molecular flexibility index (Phi) is 4.03. The van der Waals surface area contributed by atoms with Crippen molar-refractivity contribution in [3.8, 4) is 0 Å². The van der Waals surface area contributed by atoms with Gasteiger partial charge < -0.3 is 9.84 Å². The fourth-order valence-electron chi connectivity index (χ4n) is 0.394. The topological polar surface area (TPSA) is 46.5 Å². The van der Waals surface area contributed by atoms with E-state index in [0.717, 1.165) is 0 Å². The van der Waals surface area contributed by atoms with Gasteiger partial charge in [0.05, 0.1) is 12.2 Å². The summed E-state index contributed by atoms with van der Waals surface area (Å²) in [6, 6.07) is 0. The van der Waals surface area contributed by atoms with Crippen molar-refractivity contribution in [1.29, 1.82) is 0 Å². The Hall–Kier alpha value is -0.0900. The van der Waals surface area contributed by atoms with E-state index in [4.69, 9.17) is 9.84 Å². The number of carboxylic acid groups (broad SMARTS) is 1. The molecular formula is C7H13BrO3. The van der Waals surface area contributed by atoms with Crippen molar-refractivity contribution in [3.05, 3.63) is 0 Å². The third-order valence-corrected chi connectivity index (χ3v) is 1.59. The number of carbonyl (C=O) groups is 1. The number of ether oxygens (including phenoxy) is 1. The largest absolute Gasteiger partial charge is 0.480 e. The SMILES string of the molecule is CC(C)(C)OCC(Br)C(=O)O. The van der Waals surface area contributed by atoms with E-state index < -0.39 is 10.8 Å². The third-order valence-electron chi connectivity index (χ3n) is 0.931. The van der Waals surface area contributed by atoms with Crippen LogP contribution in [0.25, 0.3) is 0 Å². The summed E-state index contributed by atoms with van der Waals surface area (Å²) >= 11 is 2.97. The van der Waals surface area contributed by atoms with E-state index in [1.54, 1.807) is 0 Å². The van der Waals surface area contributed by atoms with Crippen molar-refractivity contribution >= 4 is 21.9 Å². The highest BCUT2D eigenvalue weighted by atomic mass is 79.9. The molecule has 0 bridgehead atoms. The molecule has 66 valence electrons. The van der Waals surface area contributed by atoms with E-state index in [-0.39, 0.29) is 12.2 Å². The summed E-state index contributed by atoms with van der Waals surface area (Å²) in [4.78, 5) is 9.68. The molecule has 0 saturated carbocycles. The predicted octanol–water partition coefficient (Wildman–Crippen LogP) is 1.65. The lowest BCUT2D eigenvalue weighted by Gasteiger charge is -2.20. The lowest BCUT2D eigenvalue weighted by atomic mass is 10.2. The Morgan fingerprint density at radius 2 is 2.09 bits per heavy atom. The molecule has 0 aliphatic carbocycles. The molecule has 0 radical (unpaired) electrons. The van der Waals surface area contributed by atoms with Crippen LogP contribution in [0.2, 0.25) is 0 Å². The summed E-state index contributed by atoms with van der Waals surface area (Å²) in [6.45, 7) is 5.84. The van der Waals surface area contributed by atoms with Crippen molar-refractivity contribution in [2.24, 2.45) is 0 Å². The summed E-state index contributed by atoms with van der Waals surface area (Å²) in [6.07, 6.45) is 0. The lowest BCUT2D eigenvalue weighted by Crippen LogP contribution is -2.27. The highest BCUT2D eigenvalue weighted by molar-refractivity contribution is 9.10. The standard InChI is InChI=1S/C7H13BrO3/c1-7(2,3)11-4-5(8)6(9)10/h5H,4H2,1-3H3,(H,9,10). The van der Waals surface area contributed by atoms with Gasteiger partial charge >= 0.3 is 5.97 Å². The van der Waals surface area contributed by atoms with Gasteiger partial charge in [-0.25, -0.2) is 0 Å². The minimum Gasteiger partial charge on any atom is -0.480 e. The average molecular weight is 225 g/mol. The minimum atomic E-state index is -0.894. The first-order chi connectivity index (χ1) is 4.83. The number of hydrogen-bond donors (Lipinski definition) is 1. The van der Waals surface area contributed by atoms with E-state index in [1.807, 2.05) is 20.8 Å². The van der Waals surface area contributed by atoms with E-state index in [1.165, 1.54) is 0 Å². The van der Waals surface area contributed by atoms with Gasteiger partial charge in [0.2, 0.25) is 0 Å². The maximum Gasteiger partial charge on any atom is 0.319 e. The van der Waals surface area contributed by atoms with Crippen LogP contribution in [0, 0.1) is 0 Å². The van der Waals surface area contributed by atoms with Crippen molar-refractivity contribution in [2.45, 2.75) is 31.2 Å². The molecule has 4 heteroatoms. The molecule has 0 aromatic rings. The summed E-state index contributed by atoms with van der Waals surface area (Å²) < 4.78 is 5.22. The zero-order chi connectivity index (χ0) is 9.07. The Morgan fingerprint density at radius 1 is 1.64 bits per heavy atom. The quantitative estimate of drug-likeness (QED) is 0.743. The molecule has 11 heavy (non-hydrogen) atoms. The number of halogens is 1. The number of hydrogen-bond acceptors (Lipinski definition) is 2. The molecular weight excluding hydrogens is 212 g/mol. The molecule has 0 heterocycles. The van der Waals surface area contributed by atoms with Crippen LogP contribution in [-0.2, 0) is 9.53 Å².